The Morgan fingerprint density at radius 3 is 1.27 bits per heavy atom. The average Bonchev–Trinajstić information content (AvgIpc) is 1.43. The highest BCUT2D eigenvalue weighted by atomic mass is 16.8. The molecule has 0 aromatic heterocycles. The van der Waals surface area contributed by atoms with Crippen LogP contribution in [-0.4, -0.2) is 256 Å². The lowest BCUT2D eigenvalue weighted by molar-refractivity contribution is -0.378. The van der Waals surface area contributed by atoms with Crippen molar-refractivity contribution in [2.45, 2.75) is 348 Å². The third-order valence-corrected chi connectivity index (χ3v) is 29.2. The maximum Gasteiger partial charge on any atom is 0.226 e. The summed E-state index contributed by atoms with van der Waals surface area (Å²) in [6, 6.07) is 0.0580. The van der Waals surface area contributed by atoms with Crippen LogP contribution < -0.4 is 10.6 Å². The molecule has 4 saturated heterocycles. The molecule has 4 aliphatic heterocycles. The lowest BCUT2D eigenvalue weighted by atomic mass is 9.40. The van der Waals surface area contributed by atoms with E-state index in [0.29, 0.717) is 45.1 Å². The van der Waals surface area contributed by atoms with Crippen LogP contribution in [0.4, 0.5) is 0 Å². The van der Waals surface area contributed by atoms with Crippen molar-refractivity contribution in [3.63, 3.8) is 0 Å². The zero-order valence-corrected chi connectivity index (χ0v) is 60.8. The van der Waals surface area contributed by atoms with E-state index in [9.17, 15) is 76.3 Å². The third kappa shape index (κ3) is 13.8. The van der Waals surface area contributed by atoms with Crippen molar-refractivity contribution < 1.29 is 119 Å². The van der Waals surface area contributed by atoms with Gasteiger partial charge in [0.05, 0.1) is 37.6 Å². The van der Waals surface area contributed by atoms with Crippen LogP contribution in [0.5, 0.6) is 0 Å². The van der Waals surface area contributed by atoms with Crippen molar-refractivity contribution in [3.05, 3.63) is 24.3 Å². The lowest BCUT2D eigenvalue weighted by Crippen LogP contribution is -2.65. The molecular weight excluding hydrogens is 1320 g/mol. The van der Waals surface area contributed by atoms with Crippen LogP contribution in [-0.2, 0) is 47.5 Å². The first-order valence-corrected chi connectivity index (χ1v) is 38.9. The summed E-state index contributed by atoms with van der Waals surface area (Å²) in [6.07, 6.45) is -8.27. The van der Waals surface area contributed by atoms with Crippen LogP contribution in [0, 0.1) is 56.2 Å². The number of hydrogen-bond acceptors (Lipinski definition) is 24. The Bertz CT molecular complexity index is 2930. The molecule has 102 heavy (non-hydrogen) atoms. The van der Waals surface area contributed by atoms with Gasteiger partial charge >= 0.3 is 0 Å². The van der Waals surface area contributed by atoms with Crippen molar-refractivity contribution in [1.29, 1.82) is 0 Å². The molecule has 8 aliphatic carbocycles. The van der Waals surface area contributed by atoms with E-state index < -0.39 is 171 Å². The number of nitrogens with one attached hydrogen (secondary N) is 2. The fourth-order valence-corrected chi connectivity index (χ4v) is 23.8. The molecule has 2 spiro atoms. The molecule has 582 valence electrons. The number of ether oxygens (including phenoxy) is 8. The number of hydrogen-bond donors (Lipinski definition) is 16. The van der Waals surface area contributed by atoms with Gasteiger partial charge in [-0.15, -0.1) is 0 Å². The van der Waals surface area contributed by atoms with Crippen molar-refractivity contribution in [2.24, 2.45) is 56.2 Å². The zero-order valence-electron chi connectivity index (χ0n) is 60.8. The molecule has 26 nitrogen and oxygen atoms in total. The van der Waals surface area contributed by atoms with Crippen LogP contribution in [0.2, 0.25) is 0 Å². The predicted molar refractivity (Wildman–Crippen MR) is 365 cm³/mol. The smallest absolute Gasteiger partial charge is 0.226 e. The number of amides is 2. The largest absolute Gasteiger partial charge is 0.394 e. The maximum atomic E-state index is 15.1. The topological polar surface area (TPSA) is 415 Å². The second kappa shape index (κ2) is 30.8. The first-order chi connectivity index (χ1) is 48.4. The van der Waals surface area contributed by atoms with Crippen LogP contribution >= 0.6 is 0 Å². The fraction of sp³-hybridized carbons (Fsp3) is 0.921. The molecule has 12 fully saturated rings. The molecule has 12 rings (SSSR count). The van der Waals surface area contributed by atoms with E-state index in [2.05, 4.69) is 58.4 Å². The molecule has 0 aromatic rings. The third-order valence-electron chi connectivity index (χ3n) is 29.2. The molecule has 4 heterocycles. The molecule has 16 N–H and O–H groups in total. The summed E-state index contributed by atoms with van der Waals surface area (Å²) in [4.78, 5) is 29.8. The van der Waals surface area contributed by atoms with E-state index in [1.807, 2.05) is 0 Å². The number of unbranched alkanes of at least 4 members (excludes halogenated alkanes) is 5. The van der Waals surface area contributed by atoms with E-state index >= 15 is 4.79 Å². The normalized spacial score (nSPS) is 50.1. The van der Waals surface area contributed by atoms with E-state index in [1.54, 1.807) is 0 Å². The monoisotopic (exact) mass is 1450 g/mol. The summed E-state index contributed by atoms with van der Waals surface area (Å²) in [5.41, 5.74) is -1.94. The van der Waals surface area contributed by atoms with Gasteiger partial charge in [-0.1, -0.05) is 99.1 Å². The van der Waals surface area contributed by atoms with E-state index in [-0.39, 0.29) is 63.2 Å². The van der Waals surface area contributed by atoms with Crippen molar-refractivity contribution in [2.75, 3.05) is 33.0 Å². The summed E-state index contributed by atoms with van der Waals surface area (Å²) in [6.45, 7) is 18.5. The highest BCUT2D eigenvalue weighted by molar-refractivity contribution is 5.83. The Morgan fingerprint density at radius 2 is 0.843 bits per heavy atom. The number of rotatable bonds is 26. The van der Waals surface area contributed by atoms with Gasteiger partial charge in [0, 0.05) is 23.4 Å². The van der Waals surface area contributed by atoms with E-state index in [1.165, 1.54) is 0 Å². The second-order valence-electron chi connectivity index (χ2n) is 34.9. The first-order valence-electron chi connectivity index (χ1n) is 38.9. The maximum absolute atomic E-state index is 15.1. The average molecular weight is 1450 g/mol. The summed E-state index contributed by atoms with van der Waals surface area (Å²) >= 11 is 0. The Kier molecular flexibility index (Phi) is 23.9. The van der Waals surface area contributed by atoms with E-state index in [4.69, 9.17) is 37.9 Å². The Balaban J connectivity index is 0.614. The van der Waals surface area contributed by atoms with Gasteiger partial charge in [0.25, 0.3) is 0 Å². The van der Waals surface area contributed by atoms with Gasteiger partial charge in [0.15, 0.2) is 25.2 Å². The molecular formula is C76H124N2O24. The highest BCUT2D eigenvalue weighted by Gasteiger charge is 2.72. The van der Waals surface area contributed by atoms with Crippen molar-refractivity contribution >= 4 is 11.8 Å². The van der Waals surface area contributed by atoms with Crippen LogP contribution in [0.25, 0.3) is 0 Å². The second-order valence-corrected chi connectivity index (χ2v) is 34.9. The Morgan fingerprint density at radius 1 is 0.461 bits per heavy atom. The standard InChI is InChI=1S/C76H124N2O24/c1-8-9-17-42(78-68(94)72(7)26-16-24-70(5)48(72)20-28-74-33-41(3)76(39-74,30-22-50(70)74)102-66-62(58(90)54(86)46(37-82)98-66)100-64-60(92)56(88)52(84)44(35-80)96-64)18-13-11-10-12-14-31-77-67(93)71(6)25-15-23-69(4)47(71)19-27-73-32-40(2)75(38-73,29-21-49(69)73)101-65-61(57(89)53(85)45(36-81)97-65)99-63-59(91)55(87)51(83)43(34-79)95-63/h42-66,79-92H,2-3,8-39H2,1,4-7H3,(H,77,93)(H,78,94)/t42?,43-,44-,45-,46-,47+,48+,49+,50+,51-,52-,53-,54-,55+,56+,57+,58+,59-,60-,61-,62-,63+,64+,65+,66+,69-,70-,71-,72-,73-,74-,75+,76+/m1/s1. The summed E-state index contributed by atoms with van der Waals surface area (Å²) in [5.74, 6) is 1.09. The van der Waals surface area contributed by atoms with Gasteiger partial charge in [-0.2, -0.15) is 0 Å². The molecule has 33 atom stereocenters. The quantitative estimate of drug-likeness (QED) is 0.0336. The number of carbonyl (C=O) groups is 2. The van der Waals surface area contributed by atoms with Gasteiger partial charge in [-0.3, -0.25) is 9.59 Å². The minimum Gasteiger partial charge on any atom is -0.394 e. The molecule has 0 aromatic carbocycles. The van der Waals surface area contributed by atoms with Gasteiger partial charge < -0.3 is 120 Å². The van der Waals surface area contributed by atoms with Crippen LogP contribution in [0.1, 0.15) is 208 Å². The number of carbonyl (C=O) groups excluding carboxylic acids is 2. The fourth-order valence-electron chi connectivity index (χ4n) is 23.8. The first kappa shape index (κ1) is 79.1. The molecule has 1 unspecified atom stereocenters. The number of fused-ring (bicyclic) bond motifs is 6. The van der Waals surface area contributed by atoms with Crippen molar-refractivity contribution in [3.8, 4) is 0 Å². The Hall–Kier alpha value is -2.46. The summed E-state index contributed by atoms with van der Waals surface area (Å²) in [5, 5.41) is 156. The van der Waals surface area contributed by atoms with Gasteiger partial charge in [0.1, 0.15) is 97.7 Å². The van der Waals surface area contributed by atoms with Gasteiger partial charge in [-0.05, 0) is 178 Å². The van der Waals surface area contributed by atoms with Gasteiger partial charge in [-0.25, -0.2) is 0 Å². The Labute approximate surface area is 600 Å². The number of aliphatic hydroxyl groups is 14. The molecule has 2 amide bonds. The highest BCUT2D eigenvalue weighted by Crippen LogP contribution is 2.76. The predicted octanol–water partition coefficient (Wildman–Crippen LogP) is 2.58. The summed E-state index contributed by atoms with van der Waals surface area (Å²) < 4.78 is 49.7. The van der Waals surface area contributed by atoms with Crippen LogP contribution in [0.15, 0.2) is 24.3 Å². The molecule has 4 bridgehead atoms. The minimum atomic E-state index is -1.79. The summed E-state index contributed by atoms with van der Waals surface area (Å²) in [7, 11) is 0. The molecule has 26 heteroatoms. The molecule has 12 aliphatic rings. The zero-order chi connectivity index (χ0) is 73.4. The number of aliphatic hydroxyl groups excluding tert-OH is 14. The molecule has 0 radical (unpaired) electrons. The van der Waals surface area contributed by atoms with Crippen molar-refractivity contribution in [1.82, 2.24) is 10.6 Å². The van der Waals surface area contributed by atoms with Gasteiger partial charge in [0.2, 0.25) is 11.8 Å². The van der Waals surface area contributed by atoms with Crippen LogP contribution in [0.3, 0.4) is 0 Å². The SMILES string of the molecule is C=C1C[C@@]23CC[C@H]4[C@@](C)(CCC[C@@]4(C)C(=O)NCCCCCCCC(CCCC)NC(=O)[C@]4(C)CCC[C@@]5(C)[C@@H]6CC[C@]7(O[C@@H]8O[C@H](CO)[C@@H](O)[C@H](O)[C@H]8O[C@@H]8O[C@H](CO)[C@@H](O)[C@H](O)[C@H]8O)C[C@@]6(CC[C@@H]54)CC7=C)[C@@H]2CC[C@]1(O[C@@H]1O[C@H](CO)[C@@H](O)[C@H](O)[C@H]1O[C@@H]1O[C@H](CO)[C@@H](O)[C@H](O)[C@H]1O)C3. The minimum absolute atomic E-state index is 0.0580. The molecule has 8 saturated carbocycles. The lowest BCUT2D eigenvalue weighted by Gasteiger charge is -2.64. The van der Waals surface area contributed by atoms with E-state index in [0.717, 1.165) is 146 Å².